The highest BCUT2D eigenvalue weighted by Crippen LogP contribution is 2.21. The highest BCUT2D eigenvalue weighted by molar-refractivity contribution is 4.50. The number of halogens is 3. The average Bonchev–Trinajstić information content (AvgIpc) is 2.36. The van der Waals surface area contributed by atoms with Crippen molar-refractivity contribution in [1.29, 1.82) is 0 Å². The molecule has 0 saturated heterocycles. The van der Waals surface area contributed by atoms with Crippen LogP contribution in [0.2, 0.25) is 0 Å². The molecule has 0 atom stereocenters. The Hall–Kier alpha value is -1.14. The molecule has 1 aromatic rings. The van der Waals surface area contributed by atoms with Crippen molar-refractivity contribution in [3.05, 3.63) is 6.33 Å². The van der Waals surface area contributed by atoms with E-state index in [2.05, 4.69) is 15.4 Å². The van der Waals surface area contributed by atoms with E-state index in [0.717, 1.165) is 4.80 Å². The van der Waals surface area contributed by atoms with Gasteiger partial charge in [-0.05, 0) is 11.6 Å². The second-order valence-electron chi connectivity index (χ2n) is 2.25. The topological polar surface area (TPSA) is 43.6 Å². The molecule has 0 spiro atoms. The SMILES string of the molecule is FC(F)(F)CCCn1ncnn1. The molecule has 0 N–H and O–H groups in total. The molecule has 7 heteroatoms. The first kappa shape index (κ1) is 8.95. The van der Waals surface area contributed by atoms with Crippen molar-refractivity contribution >= 4 is 0 Å². The molecule has 0 radical (unpaired) electrons. The van der Waals surface area contributed by atoms with Gasteiger partial charge >= 0.3 is 6.18 Å². The first-order valence-electron chi connectivity index (χ1n) is 3.35. The minimum Gasteiger partial charge on any atom is -0.171 e. The normalized spacial score (nSPS) is 11.9. The minimum atomic E-state index is -4.10. The smallest absolute Gasteiger partial charge is 0.171 e. The van der Waals surface area contributed by atoms with Crippen LogP contribution in [0.1, 0.15) is 12.8 Å². The second kappa shape index (κ2) is 3.51. The molecule has 0 bridgehead atoms. The van der Waals surface area contributed by atoms with E-state index in [1.807, 2.05) is 0 Å². The van der Waals surface area contributed by atoms with Gasteiger partial charge in [0.25, 0.3) is 0 Å². The zero-order chi connectivity index (χ0) is 9.03. The van der Waals surface area contributed by atoms with Crippen LogP contribution in [0, 0.1) is 0 Å². The molecule has 0 amide bonds. The molecule has 12 heavy (non-hydrogen) atoms. The Morgan fingerprint density at radius 2 is 2.08 bits per heavy atom. The average molecular weight is 180 g/mol. The molecule has 0 aliphatic heterocycles. The van der Waals surface area contributed by atoms with Crippen LogP contribution < -0.4 is 0 Å². The summed E-state index contributed by atoms with van der Waals surface area (Å²) in [4.78, 5) is 1.13. The zero-order valence-corrected chi connectivity index (χ0v) is 6.12. The van der Waals surface area contributed by atoms with Gasteiger partial charge < -0.3 is 0 Å². The van der Waals surface area contributed by atoms with E-state index >= 15 is 0 Å². The molecule has 0 unspecified atom stereocenters. The van der Waals surface area contributed by atoms with Crippen molar-refractivity contribution in [3.8, 4) is 0 Å². The maximum absolute atomic E-state index is 11.6. The van der Waals surface area contributed by atoms with Gasteiger partial charge in [-0.2, -0.15) is 18.0 Å². The van der Waals surface area contributed by atoms with Crippen LogP contribution in [-0.4, -0.2) is 26.4 Å². The molecule has 0 fully saturated rings. The fraction of sp³-hybridized carbons (Fsp3) is 0.800. The van der Waals surface area contributed by atoms with Gasteiger partial charge in [0.05, 0.1) is 6.54 Å². The van der Waals surface area contributed by atoms with Crippen LogP contribution in [0.4, 0.5) is 13.2 Å². The Labute approximate surface area is 66.4 Å². The molecule has 1 aromatic heterocycles. The molecular formula is C5H7F3N4. The lowest BCUT2D eigenvalue weighted by Crippen LogP contribution is -2.10. The number of hydrogen-bond donors (Lipinski definition) is 0. The summed E-state index contributed by atoms with van der Waals surface area (Å²) in [6.45, 7) is 0.152. The molecule has 0 saturated carbocycles. The summed E-state index contributed by atoms with van der Waals surface area (Å²) in [6.07, 6.45) is -3.73. The van der Waals surface area contributed by atoms with Crippen molar-refractivity contribution in [2.75, 3.05) is 0 Å². The predicted molar refractivity (Wildman–Crippen MR) is 33.1 cm³/mol. The standard InChI is InChI=1S/C5H7F3N4/c6-5(7,8)2-1-3-12-10-4-9-11-12/h4H,1-3H2. The summed E-state index contributed by atoms with van der Waals surface area (Å²) in [6, 6.07) is 0. The Balaban J connectivity index is 2.20. The van der Waals surface area contributed by atoms with E-state index in [9.17, 15) is 13.2 Å². The Morgan fingerprint density at radius 3 is 2.58 bits per heavy atom. The number of rotatable bonds is 3. The van der Waals surface area contributed by atoms with Crippen molar-refractivity contribution in [2.45, 2.75) is 25.6 Å². The second-order valence-corrected chi connectivity index (χ2v) is 2.25. The largest absolute Gasteiger partial charge is 0.389 e. The van der Waals surface area contributed by atoms with Gasteiger partial charge in [0.1, 0.15) is 0 Å². The third-order valence-corrected chi connectivity index (χ3v) is 1.21. The van der Waals surface area contributed by atoms with Gasteiger partial charge in [-0.15, -0.1) is 10.2 Å². The van der Waals surface area contributed by atoms with E-state index in [1.54, 1.807) is 0 Å². The van der Waals surface area contributed by atoms with Crippen LogP contribution in [0.5, 0.6) is 0 Å². The van der Waals surface area contributed by atoms with Crippen molar-refractivity contribution in [3.63, 3.8) is 0 Å². The summed E-state index contributed by atoms with van der Waals surface area (Å²) in [5.41, 5.74) is 0. The lowest BCUT2D eigenvalue weighted by Gasteiger charge is -2.03. The van der Waals surface area contributed by atoms with Gasteiger partial charge in [0.2, 0.25) is 0 Å². The maximum atomic E-state index is 11.6. The summed E-state index contributed by atoms with van der Waals surface area (Å²) < 4.78 is 34.9. The highest BCUT2D eigenvalue weighted by Gasteiger charge is 2.26. The highest BCUT2D eigenvalue weighted by atomic mass is 19.4. The Kier molecular flexibility index (Phi) is 2.61. The molecule has 4 nitrogen and oxygen atoms in total. The number of aryl methyl sites for hydroxylation is 1. The Morgan fingerprint density at radius 1 is 1.33 bits per heavy atom. The van der Waals surface area contributed by atoms with Crippen molar-refractivity contribution < 1.29 is 13.2 Å². The summed E-state index contributed by atoms with van der Waals surface area (Å²) in [7, 11) is 0. The Bertz CT molecular complexity index is 217. The van der Waals surface area contributed by atoms with Crippen molar-refractivity contribution in [1.82, 2.24) is 20.2 Å². The monoisotopic (exact) mass is 180 g/mol. The minimum absolute atomic E-state index is 0.0140. The summed E-state index contributed by atoms with van der Waals surface area (Å²) in [5.74, 6) is 0. The number of tetrazole rings is 1. The van der Waals surface area contributed by atoms with Crippen LogP contribution in [0.3, 0.4) is 0 Å². The van der Waals surface area contributed by atoms with E-state index < -0.39 is 12.6 Å². The number of nitrogens with zero attached hydrogens (tertiary/aromatic N) is 4. The van der Waals surface area contributed by atoms with Crippen LogP contribution >= 0.6 is 0 Å². The van der Waals surface area contributed by atoms with Gasteiger partial charge in [-0.3, -0.25) is 0 Å². The van der Waals surface area contributed by atoms with Crippen molar-refractivity contribution in [2.24, 2.45) is 0 Å². The molecule has 0 aliphatic carbocycles. The number of aromatic nitrogens is 4. The maximum Gasteiger partial charge on any atom is 0.389 e. The lowest BCUT2D eigenvalue weighted by molar-refractivity contribution is -0.136. The van der Waals surface area contributed by atoms with E-state index in [1.165, 1.54) is 6.33 Å². The fourth-order valence-electron chi connectivity index (χ4n) is 0.712. The van der Waals surface area contributed by atoms with Crippen LogP contribution in [0.25, 0.3) is 0 Å². The molecular weight excluding hydrogens is 173 g/mol. The van der Waals surface area contributed by atoms with Gasteiger partial charge in [-0.1, -0.05) is 0 Å². The molecule has 1 rings (SSSR count). The van der Waals surface area contributed by atoms with Gasteiger partial charge in [0.15, 0.2) is 6.33 Å². The van der Waals surface area contributed by atoms with E-state index in [-0.39, 0.29) is 13.0 Å². The van der Waals surface area contributed by atoms with Gasteiger partial charge in [-0.25, -0.2) is 0 Å². The predicted octanol–water partition coefficient (Wildman–Crippen LogP) is 1.02. The first-order chi connectivity index (χ1) is 5.58. The molecule has 1 heterocycles. The third-order valence-electron chi connectivity index (χ3n) is 1.21. The fourth-order valence-corrected chi connectivity index (χ4v) is 0.712. The summed E-state index contributed by atoms with van der Waals surface area (Å²) in [5, 5.41) is 10.3. The lowest BCUT2D eigenvalue weighted by atomic mass is 10.3. The summed E-state index contributed by atoms with van der Waals surface area (Å²) >= 11 is 0. The zero-order valence-electron chi connectivity index (χ0n) is 6.12. The molecule has 0 aromatic carbocycles. The van der Waals surface area contributed by atoms with Gasteiger partial charge in [0, 0.05) is 6.42 Å². The number of alkyl halides is 3. The molecule has 68 valence electrons. The quantitative estimate of drug-likeness (QED) is 0.697. The van der Waals surface area contributed by atoms with Crippen LogP contribution in [0.15, 0.2) is 6.33 Å². The van der Waals surface area contributed by atoms with Crippen LogP contribution in [-0.2, 0) is 6.54 Å². The first-order valence-corrected chi connectivity index (χ1v) is 3.35. The number of hydrogen-bond acceptors (Lipinski definition) is 3. The molecule has 0 aliphatic rings. The van der Waals surface area contributed by atoms with E-state index in [0.29, 0.717) is 0 Å². The third kappa shape index (κ3) is 3.31. The van der Waals surface area contributed by atoms with E-state index in [4.69, 9.17) is 0 Å².